The van der Waals surface area contributed by atoms with Gasteiger partial charge in [0.25, 0.3) is 0 Å². The molecule has 0 fully saturated rings. The van der Waals surface area contributed by atoms with Gasteiger partial charge in [0.15, 0.2) is 0 Å². The summed E-state index contributed by atoms with van der Waals surface area (Å²) < 4.78 is 33.9. The number of benzene rings is 3. The number of rotatable bonds is 11. The second-order valence-corrected chi connectivity index (χ2v) is 8.06. The lowest BCUT2D eigenvalue weighted by Crippen LogP contribution is -2.17. The summed E-state index contributed by atoms with van der Waals surface area (Å²) in [4.78, 5) is 0. The van der Waals surface area contributed by atoms with E-state index in [9.17, 15) is 8.78 Å². The molecule has 0 saturated carbocycles. The average molecular weight is 399 g/mol. The second-order valence-electron chi connectivity index (χ2n) is 8.06. The number of fused-ring (bicyclic) bond motifs is 3. The largest absolute Gasteiger partial charge is 0.460 e. The van der Waals surface area contributed by atoms with Crippen LogP contribution in [0.2, 0.25) is 0 Å². The van der Waals surface area contributed by atoms with Crippen molar-refractivity contribution in [1.82, 2.24) is 0 Å². The number of hydrogen-bond donors (Lipinski definition) is 0. The SMILES string of the molecule is CCCCCCC(CCC(F)Oc1ccc2c(ccc3ccccc32)c1)C(C)F. The summed E-state index contributed by atoms with van der Waals surface area (Å²) in [6.45, 7) is 3.75. The van der Waals surface area contributed by atoms with Gasteiger partial charge in [0.2, 0.25) is 6.36 Å². The van der Waals surface area contributed by atoms with Crippen molar-refractivity contribution in [2.45, 2.75) is 71.3 Å². The maximum Gasteiger partial charge on any atom is 0.238 e. The van der Waals surface area contributed by atoms with E-state index < -0.39 is 12.5 Å². The first-order chi connectivity index (χ1) is 14.1. The molecule has 0 heterocycles. The van der Waals surface area contributed by atoms with Crippen LogP contribution in [0.1, 0.15) is 58.8 Å². The van der Waals surface area contributed by atoms with Gasteiger partial charge < -0.3 is 4.74 Å². The van der Waals surface area contributed by atoms with E-state index in [0.717, 1.165) is 36.5 Å². The molecule has 1 nitrogen and oxygen atoms in total. The van der Waals surface area contributed by atoms with E-state index in [-0.39, 0.29) is 12.3 Å². The summed E-state index contributed by atoms with van der Waals surface area (Å²) in [5, 5.41) is 4.52. The standard InChI is InChI=1S/C26H32F2O/c1-3-4-5-6-9-20(19(2)27)14-17-26(28)29-23-15-16-25-22(18-23)13-12-21-10-7-8-11-24(21)25/h7-8,10-13,15-16,18-20,26H,3-6,9,14,17H2,1-2H3. The Kier molecular flexibility index (Phi) is 7.85. The van der Waals surface area contributed by atoms with Gasteiger partial charge in [-0.3, -0.25) is 0 Å². The van der Waals surface area contributed by atoms with Crippen LogP contribution in [0.3, 0.4) is 0 Å². The summed E-state index contributed by atoms with van der Waals surface area (Å²) in [6, 6.07) is 18.0. The maximum atomic E-state index is 14.5. The van der Waals surface area contributed by atoms with Crippen LogP contribution in [-0.2, 0) is 0 Å². The van der Waals surface area contributed by atoms with Crippen molar-refractivity contribution >= 4 is 21.5 Å². The molecule has 3 aromatic rings. The topological polar surface area (TPSA) is 9.23 Å². The van der Waals surface area contributed by atoms with Crippen LogP contribution in [0.4, 0.5) is 8.78 Å². The lowest BCUT2D eigenvalue weighted by atomic mass is 9.92. The third-order valence-electron chi connectivity index (χ3n) is 5.82. The fourth-order valence-corrected chi connectivity index (χ4v) is 4.05. The summed E-state index contributed by atoms with van der Waals surface area (Å²) in [5.41, 5.74) is 0. The van der Waals surface area contributed by atoms with Crippen LogP contribution in [0.25, 0.3) is 21.5 Å². The smallest absolute Gasteiger partial charge is 0.238 e. The van der Waals surface area contributed by atoms with Crippen LogP contribution in [0, 0.1) is 5.92 Å². The third-order valence-corrected chi connectivity index (χ3v) is 5.82. The van der Waals surface area contributed by atoms with Crippen LogP contribution in [0.15, 0.2) is 54.6 Å². The van der Waals surface area contributed by atoms with Gasteiger partial charge in [0.05, 0.1) is 0 Å². The molecule has 0 aliphatic rings. The van der Waals surface area contributed by atoms with E-state index in [1.54, 1.807) is 6.92 Å². The van der Waals surface area contributed by atoms with Crippen LogP contribution >= 0.6 is 0 Å². The Morgan fingerprint density at radius 1 is 0.793 bits per heavy atom. The zero-order valence-corrected chi connectivity index (χ0v) is 17.5. The quantitative estimate of drug-likeness (QED) is 0.233. The highest BCUT2D eigenvalue weighted by atomic mass is 19.1. The van der Waals surface area contributed by atoms with Gasteiger partial charge >= 0.3 is 0 Å². The molecular weight excluding hydrogens is 366 g/mol. The maximum absolute atomic E-state index is 14.5. The molecule has 0 aromatic heterocycles. The average Bonchev–Trinajstić information content (AvgIpc) is 2.72. The van der Waals surface area contributed by atoms with Crippen LogP contribution < -0.4 is 4.74 Å². The van der Waals surface area contributed by atoms with Crippen molar-refractivity contribution in [1.29, 1.82) is 0 Å². The van der Waals surface area contributed by atoms with E-state index >= 15 is 0 Å². The van der Waals surface area contributed by atoms with Gasteiger partial charge in [-0.1, -0.05) is 75.1 Å². The Bertz CT molecular complexity index is 905. The van der Waals surface area contributed by atoms with Crippen molar-refractivity contribution in [2.75, 3.05) is 0 Å². The second kappa shape index (κ2) is 10.6. The molecule has 0 aliphatic carbocycles. The van der Waals surface area contributed by atoms with Gasteiger partial charge in [-0.2, -0.15) is 0 Å². The number of unbranched alkanes of at least 4 members (excludes halogenated alkanes) is 3. The molecule has 0 amide bonds. The van der Waals surface area contributed by atoms with E-state index in [1.807, 2.05) is 36.4 Å². The number of halogens is 2. The Hall–Kier alpha value is -2.16. The Morgan fingerprint density at radius 3 is 2.34 bits per heavy atom. The first kappa shape index (κ1) is 21.5. The van der Waals surface area contributed by atoms with Crippen molar-refractivity contribution in [3.63, 3.8) is 0 Å². The molecule has 3 unspecified atom stereocenters. The monoisotopic (exact) mass is 398 g/mol. The fraction of sp³-hybridized carbons (Fsp3) is 0.462. The molecule has 3 heteroatoms. The zero-order chi connectivity index (χ0) is 20.6. The van der Waals surface area contributed by atoms with Gasteiger partial charge in [0, 0.05) is 6.42 Å². The number of alkyl halides is 2. The minimum atomic E-state index is -1.41. The van der Waals surface area contributed by atoms with E-state index in [2.05, 4.69) is 25.1 Å². The normalized spacial score (nSPS) is 14.8. The molecule has 0 radical (unpaired) electrons. The molecule has 156 valence electrons. The predicted octanol–water partition coefficient (Wildman–Crippen LogP) is 8.39. The zero-order valence-electron chi connectivity index (χ0n) is 17.5. The van der Waals surface area contributed by atoms with Crippen molar-refractivity contribution in [3.8, 4) is 5.75 Å². The van der Waals surface area contributed by atoms with E-state index in [0.29, 0.717) is 12.2 Å². The first-order valence-corrected chi connectivity index (χ1v) is 10.9. The molecule has 3 aromatic carbocycles. The highest BCUT2D eigenvalue weighted by Gasteiger charge is 2.19. The van der Waals surface area contributed by atoms with Gasteiger partial charge in [0.1, 0.15) is 11.9 Å². The van der Waals surface area contributed by atoms with Crippen molar-refractivity contribution in [2.24, 2.45) is 5.92 Å². The van der Waals surface area contributed by atoms with E-state index in [4.69, 9.17) is 4.74 Å². The minimum absolute atomic E-state index is 0.0864. The van der Waals surface area contributed by atoms with Gasteiger partial charge in [-0.25, -0.2) is 8.78 Å². The Labute approximate surface area is 173 Å². The highest BCUT2D eigenvalue weighted by molar-refractivity contribution is 6.07. The lowest BCUT2D eigenvalue weighted by Gasteiger charge is -2.20. The molecule has 29 heavy (non-hydrogen) atoms. The van der Waals surface area contributed by atoms with Gasteiger partial charge in [-0.05, 0) is 59.4 Å². The fourth-order valence-electron chi connectivity index (χ4n) is 4.05. The predicted molar refractivity (Wildman–Crippen MR) is 119 cm³/mol. The molecule has 3 atom stereocenters. The van der Waals surface area contributed by atoms with E-state index in [1.165, 1.54) is 17.2 Å². The molecular formula is C26H32F2O. The van der Waals surface area contributed by atoms with Crippen molar-refractivity contribution < 1.29 is 13.5 Å². The summed E-state index contributed by atoms with van der Waals surface area (Å²) in [5.74, 6) is 0.435. The van der Waals surface area contributed by atoms with Crippen LogP contribution in [-0.4, -0.2) is 12.5 Å². The van der Waals surface area contributed by atoms with Crippen molar-refractivity contribution in [3.05, 3.63) is 54.6 Å². The van der Waals surface area contributed by atoms with Gasteiger partial charge in [-0.15, -0.1) is 0 Å². The van der Waals surface area contributed by atoms with Crippen LogP contribution in [0.5, 0.6) is 5.75 Å². The summed E-state index contributed by atoms with van der Waals surface area (Å²) in [7, 11) is 0. The molecule has 0 aliphatic heterocycles. The molecule has 0 bridgehead atoms. The summed E-state index contributed by atoms with van der Waals surface area (Å²) in [6.07, 6.45) is 3.74. The molecule has 0 spiro atoms. The Balaban J connectivity index is 1.58. The Morgan fingerprint density at radius 2 is 1.55 bits per heavy atom. The summed E-state index contributed by atoms with van der Waals surface area (Å²) >= 11 is 0. The number of hydrogen-bond acceptors (Lipinski definition) is 1. The third kappa shape index (κ3) is 5.91. The number of ether oxygens (including phenoxy) is 1. The molecule has 0 N–H and O–H groups in total. The molecule has 3 rings (SSSR count). The highest BCUT2D eigenvalue weighted by Crippen LogP contribution is 2.30. The lowest BCUT2D eigenvalue weighted by molar-refractivity contribution is 0.0480. The minimum Gasteiger partial charge on any atom is -0.460 e. The molecule has 0 saturated heterocycles. The first-order valence-electron chi connectivity index (χ1n) is 10.9.